The second-order valence-electron chi connectivity index (χ2n) is 14.1. The fourth-order valence-corrected chi connectivity index (χ4v) is 9.78. The Bertz CT molecular complexity index is 1020. The smallest absolute Gasteiger partial charge is 0.430 e. The number of allylic oxidation sites excluding steroid dienone is 1. The molecule has 0 bridgehead atoms. The van der Waals surface area contributed by atoms with E-state index in [-0.39, 0.29) is 11.5 Å². The Kier molecular flexibility index (Phi) is 8.40. The monoisotopic (exact) mass is 584 g/mol. The Labute approximate surface area is 239 Å². The highest BCUT2D eigenvalue weighted by atomic mass is 79.9. The summed E-state index contributed by atoms with van der Waals surface area (Å²) in [4.78, 5) is 12.5. The van der Waals surface area contributed by atoms with Crippen LogP contribution in [0.25, 0.3) is 0 Å². The number of hydrogen-bond acceptors (Lipinski definition) is 3. The maximum Gasteiger partial charge on any atom is 0.514 e. The molecule has 0 saturated heterocycles. The van der Waals surface area contributed by atoms with Gasteiger partial charge in [-0.15, -0.1) is 0 Å². The Hall–Kier alpha value is -1.29. The number of carbonyl (C=O) groups excluding carboxylic acids is 1. The maximum absolute atomic E-state index is 12.5. The summed E-state index contributed by atoms with van der Waals surface area (Å²) in [6.07, 6.45) is 15.9. The zero-order valence-corrected chi connectivity index (χ0v) is 25.9. The lowest BCUT2D eigenvalue weighted by Crippen LogP contribution is -2.51. The van der Waals surface area contributed by atoms with Gasteiger partial charge < -0.3 is 9.47 Å². The van der Waals surface area contributed by atoms with E-state index in [9.17, 15) is 4.79 Å². The van der Waals surface area contributed by atoms with E-state index in [0.717, 1.165) is 59.2 Å². The molecule has 0 unspecified atom stereocenters. The molecular weight excluding hydrogens is 536 g/mol. The van der Waals surface area contributed by atoms with Crippen molar-refractivity contribution in [3.63, 3.8) is 0 Å². The molecule has 0 N–H and O–H groups in total. The fraction of sp³-hybridized carbons (Fsp3) is 0.735. The van der Waals surface area contributed by atoms with Crippen LogP contribution in [-0.4, -0.2) is 12.3 Å². The van der Waals surface area contributed by atoms with Crippen LogP contribution in [0.15, 0.2) is 40.4 Å². The van der Waals surface area contributed by atoms with Crippen molar-refractivity contribution in [3.05, 3.63) is 40.4 Å². The summed E-state index contributed by atoms with van der Waals surface area (Å²) in [5.41, 5.74) is 2.34. The average Bonchev–Trinajstić information content (AvgIpc) is 3.23. The Balaban J connectivity index is 1.21. The van der Waals surface area contributed by atoms with E-state index in [2.05, 4.69) is 56.6 Å². The number of benzene rings is 1. The standard InChI is InChI=1S/C34H49BrO3/c1-22(2)7-6-8-23(3)29-15-16-30-28-14-9-24-21-27(38-32(36)37-26-12-10-25(35)11-13-26)17-19-33(24,4)31(28)18-20-34(29,30)5/h9-13,22-23,27-31H,6-8,14-21H2,1-5H3/t23-,27+,28-,29-,30-,31+,33+,34-/m1/s1. The summed E-state index contributed by atoms with van der Waals surface area (Å²) in [5, 5.41) is 0. The van der Waals surface area contributed by atoms with Gasteiger partial charge in [0.2, 0.25) is 0 Å². The topological polar surface area (TPSA) is 35.5 Å². The van der Waals surface area contributed by atoms with Crippen molar-refractivity contribution >= 4 is 22.1 Å². The zero-order valence-electron chi connectivity index (χ0n) is 24.3. The van der Waals surface area contributed by atoms with E-state index in [1.165, 1.54) is 51.4 Å². The summed E-state index contributed by atoms with van der Waals surface area (Å²) in [7, 11) is 0. The number of halogens is 1. The molecule has 4 heteroatoms. The van der Waals surface area contributed by atoms with Crippen LogP contribution in [0.5, 0.6) is 5.75 Å². The number of hydrogen-bond donors (Lipinski definition) is 0. The molecule has 4 aliphatic rings. The molecule has 0 heterocycles. The minimum absolute atomic E-state index is 0.0785. The molecule has 38 heavy (non-hydrogen) atoms. The first-order chi connectivity index (χ1) is 18.1. The molecule has 3 nitrogen and oxygen atoms in total. The van der Waals surface area contributed by atoms with Crippen LogP contribution in [0.1, 0.15) is 105 Å². The molecule has 4 aliphatic carbocycles. The van der Waals surface area contributed by atoms with Crippen LogP contribution < -0.4 is 4.74 Å². The van der Waals surface area contributed by atoms with E-state index in [1.807, 2.05) is 12.1 Å². The van der Waals surface area contributed by atoms with Crippen LogP contribution >= 0.6 is 15.9 Å². The first-order valence-electron chi connectivity index (χ1n) is 15.4. The van der Waals surface area contributed by atoms with Crippen molar-refractivity contribution in [1.29, 1.82) is 0 Å². The SMILES string of the molecule is CC(C)CCC[C@@H](C)[C@H]1CC[C@@H]2[C@H]3CC=C4C[C@@H](OC(=O)Oc5ccc(Br)cc5)CC[C@]4(C)[C@H]3CC[C@@]21C. The molecule has 1 aromatic carbocycles. The predicted octanol–water partition coefficient (Wildman–Crippen LogP) is 10.4. The van der Waals surface area contributed by atoms with Crippen molar-refractivity contribution in [2.24, 2.45) is 46.3 Å². The highest BCUT2D eigenvalue weighted by Crippen LogP contribution is 2.67. The molecule has 0 spiro atoms. The lowest BCUT2D eigenvalue weighted by Gasteiger charge is -2.58. The molecular formula is C34H49BrO3. The summed E-state index contributed by atoms with van der Waals surface area (Å²) in [6.45, 7) is 12.5. The first kappa shape index (κ1) is 28.2. The third kappa shape index (κ3) is 5.50. The van der Waals surface area contributed by atoms with E-state index in [0.29, 0.717) is 11.2 Å². The number of ether oxygens (including phenoxy) is 2. The van der Waals surface area contributed by atoms with Crippen molar-refractivity contribution < 1.29 is 14.3 Å². The van der Waals surface area contributed by atoms with Crippen LogP contribution in [0, 0.1) is 46.3 Å². The Morgan fingerprint density at radius 3 is 2.50 bits per heavy atom. The molecule has 0 amide bonds. The first-order valence-corrected chi connectivity index (χ1v) is 16.2. The van der Waals surface area contributed by atoms with Crippen LogP contribution in [0.2, 0.25) is 0 Å². The molecule has 1 aromatic rings. The normalized spacial score (nSPS) is 37.0. The minimum Gasteiger partial charge on any atom is -0.430 e. The van der Waals surface area contributed by atoms with Gasteiger partial charge in [-0.3, -0.25) is 0 Å². The second kappa shape index (κ2) is 11.3. The minimum atomic E-state index is -0.580. The highest BCUT2D eigenvalue weighted by molar-refractivity contribution is 9.10. The summed E-state index contributed by atoms with van der Waals surface area (Å²) < 4.78 is 12.2. The number of carbonyl (C=O) groups is 1. The molecule has 3 saturated carbocycles. The van der Waals surface area contributed by atoms with Crippen LogP contribution in [0.3, 0.4) is 0 Å². The van der Waals surface area contributed by atoms with Gasteiger partial charge in [0.15, 0.2) is 0 Å². The molecule has 210 valence electrons. The van der Waals surface area contributed by atoms with E-state index in [1.54, 1.807) is 17.7 Å². The van der Waals surface area contributed by atoms with Crippen molar-refractivity contribution in [3.8, 4) is 5.75 Å². The summed E-state index contributed by atoms with van der Waals surface area (Å²) in [6, 6.07) is 7.30. The van der Waals surface area contributed by atoms with Crippen molar-refractivity contribution in [2.75, 3.05) is 0 Å². The van der Waals surface area contributed by atoms with Gasteiger partial charge >= 0.3 is 6.16 Å². The van der Waals surface area contributed by atoms with E-state index < -0.39 is 6.16 Å². The summed E-state index contributed by atoms with van der Waals surface area (Å²) in [5.74, 6) is 5.60. The molecule has 5 rings (SSSR count). The van der Waals surface area contributed by atoms with Gasteiger partial charge in [-0.1, -0.05) is 81.5 Å². The van der Waals surface area contributed by atoms with Crippen LogP contribution in [-0.2, 0) is 4.74 Å². The highest BCUT2D eigenvalue weighted by Gasteiger charge is 2.59. The number of rotatable bonds is 7. The van der Waals surface area contributed by atoms with Gasteiger partial charge in [-0.05, 0) is 116 Å². The lowest BCUT2D eigenvalue weighted by molar-refractivity contribution is -0.0597. The molecule has 0 radical (unpaired) electrons. The third-order valence-electron chi connectivity index (χ3n) is 11.5. The average molecular weight is 586 g/mol. The van der Waals surface area contributed by atoms with Gasteiger partial charge in [0.25, 0.3) is 0 Å². The molecule has 0 aromatic heterocycles. The summed E-state index contributed by atoms with van der Waals surface area (Å²) >= 11 is 3.42. The van der Waals surface area contributed by atoms with Gasteiger partial charge in [-0.25, -0.2) is 4.79 Å². The number of fused-ring (bicyclic) bond motifs is 5. The van der Waals surface area contributed by atoms with Gasteiger partial charge in [0.05, 0.1) is 0 Å². The third-order valence-corrected chi connectivity index (χ3v) is 12.1. The zero-order chi connectivity index (χ0) is 27.1. The van der Waals surface area contributed by atoms with Crippen LogP contribution in [0.4, 0.5) is 4.79 Å². The molecule has 0 aliphatic heterocycles. The quantitative estimate of drug-likeness (QED) is 0.181. The van der Waals surface area contributed by atoms with Gasteiger partial charge in [-0.2, -0.15) is 0 Å². The maximum atomic E-state index is 12.5. The van der Waals surface area contributed by atoms with Gasteiger partial charge in [0, 0.05) is 10.9 Å². The Morgan fingerprint density at radius 2 is 1.76 bits per heavy atom. The predicted molar refractivity (Wildman–Crippen MR) is 158 cm³/mol. The Morgan fingerprint density at radius 1 is 1.00 bits per heavy atom. The molecule has 8 atom stereocenters. The second-order valence-corrected chi connectivity index (χ2v) is 15.0. The van der Waals surface area contributed by atoms with Gasteiger partial charge in [0.1, 0.15) is 11.9 Å². The fourth-order valence-electron chi connectivity index (χ4n) is 9.51. The van der Waals surface area contributed by atoms with E-state index in [4.69, 9.17) is 9.47 Å². The molecule has 3 fully saturated rings. The largest absolute Gasteiger partial charge is 0.514 e. The van der Waals surface area contributed by atoms with Crippen molar-refractivity contribution in [1.82, 2.24) is 0 Å². The van der Waals surface area contributed by atoms with E-state index >= 15 is 0 Å². The van der Waals surface area contributed by atoms with Crippen molar-refractivity contribution in [2.45, 2.75) is 111 Å². The lowest BCUT2D eigenvalue weighted by atomic mass is 9.47.